The molecule has 0 aromatic heterocycles. The summed E-state index contributed by atoms with van der Waals surface area (Å²) in [7, 11) is 0. The topological polar surface area (TPSA) is 67.4 Å². The van der Waals surface area contributed by atoms with E-state index >= 15 is 0 Å². The molecule has 1 aromatic carbocycles. The molecule has 1 fully saturated rings. The van der Waals surface area contributed by atoms with Crippen molar-refractivity contribution in [2.24, 2.45) is 5.92 Å². The lowest BCUT2D eigenvalue weighted by molar-refractivity contribution is -0.146. The van der Waals surface area contributed by atoms with Crippen LogP contribution in [0.15, 0.2) is 29.5 Å². The highest BCUT2D eigenvalue weighted by Gasteiger charge is 2.35. The van der Waals surface area contributed by atoms with Gasteiger partial charge in [0.05, 0.1) is 21.7 Å². The first-order chi connectivity index (χ1) is 11.9. The molecule has 25 heavy (non-hydrogen) atoms. The molecule has 2 aliphatic rings. The van der Waals surface area contributed by atoms with Crippen molar-refractivity contribution >= 4 is 35.2 Å². The van der Waals surface area contributed by atoms with Crippen LogP contribution in [0.4, 0.5) is 4.79 Å². The first-order valence-corrected chi connectivity index (χ1v) is 9.06. The van der Waals surface area contributed by atoms with Gasteiger partial charge in [0.25, 0.3) is 0 Å². The number of hydrogen-bond donors (Lipinski definition) is 2. The first kappa shape index (κ1) is 18.1. The Morgan fingerprint density at radius 3 is 2.64 bits per heavy atom. The predicted molar refractivity (Wildman–Crippen MR) is 96.5 cm³/mol. The number of hydrogen-bond acceptors (Lipinski definition) is 3. The van der Waals surface area contributed by atoms with E-state index in [0.717, 1.165) is 19.3 Å². The lowest BCUT2D eigenvalue weighted by Gasteiger charge is -2.29. The maximum atomic E-state index is 12.8. The van der Waals surface area contributed by atoms with E-state index in [1.807, 2.05) is 0 Å². The van der Waals surface area contributed by atoms with Crippen LogP contribution in [0.25, 0.3) is 0 Å². The summed E-state index contributed by atoms with van der Waals surface area (Å²) in [5.41, 5.74) is 1.54. The van der Waals surface area contributed by atoms with Crippen LogP contribution < -0.4 is 10.6 Å². The van der Waals surface area contributed by atoms with E-state index in [9.17, 15) is 9.59 Å². The maximum absolute atomic E-state index is 12.8. The van der Waals surface area contributed by atoms with E-state index in [0.29, 0.717) is 32.8 Å². The van der Waals surface area contributed by atoms with Gasteiger partial charge in [-0.25, -0.2) is 9.59 Å². The quantitative estimate of drug-likeness (QED) is 0.763. The Kier molecular flexibility index (Phi) is 5.25. The molecule has 0 radical (unpaired) electrons. The number of allylic oxidation sites excluding steroid dienone is 1. The van der Waals surface area contributed by atoms with Gasteiger partial charge in [0.1, 0.15) is 6.10 Å². The zero-order valence-corrected chi connectivity index (χ0v) is 15.6. The highest BCUT2D eigenvalue weighted by atomic mass is 35.5. The summed E-state index contributed by atoms with van der Waals surface area (Å²) in [6, 6.07) is 4.03. The number of esters is 1. The fourth-order valence-corrected chi connectivity index (χ4v) is 3.70. The van der Waals surface area contributed by atoms with Gasteiger partial charge in [-0.15, -0.1) is 0 Å². The molecule has 5 nitrogen and oxygen atoms in total. The number of ether oxygens (including phenoxy) is 1. The molecule has 3 atom stereocenters. The van der Waals surface area contributed by atoms with E-state index in [1.165, 1.54) is 0 Å². The van der Waals surface area contributed by atoms with Crippen LogP contribution >= 0.6 is 23.2 Å². The third-order valence-electron chi connectivity index (χ3n) is 4.81. The van der Waals surface area contributed by atoms with Crippen molar-refractivity contribution in [3.8, 4) is 0 Å². The molecule has 0 spiro atoms. The minimum absolute atomic E-state index is 0.0834. The molecule has 1 aromatic rings. The van der Waals surface area contributed by atoms with Crippen molar-refractivity contribution in [3.63, 3.8) is 0 Å². The highest BCUT2D eigenvalue weighted by Crippen LogP contribution is 2.34. The number of carbonyl (C=O) groups excluding carboxylic acids is 2. The first-order valence-electron chi connectivity index (χ1n) is 8.31. The summed E-state index contributed by atoms with van der Waals surface area (Å²) >= 11 is 12.1. The van der Waals surface area contributed by atoms with Crippen molar-refractivity contribution in [1.82, 2.24) is 10.6 Å². The number of benzene rings is 1. The van der Waals surface area contributed by atoms with Gasteiger partial charge in [0.15, 0.2) is 0 Å². The molecule has 3 rings (SSSR count). The molecule has 1 aliphatic heterocycles. The van der Waals surface area contributed by atoms with Crippen LogP contribution in [0.2, 0.25) is 10.0 Å². The summed E-state index contributed by atoms with van der Waals surface area (Å²) in [5, 5.41) is 6.18. The monoisotopic (exact) mass is 382 g/mol. The number of halogens is 2. The average Bonchev–Trinajstić information content (AvgIpc) is 2.94. The van der Waals surface area contributed by atoms with Crippen LogP contribution in [0, 0.1) is 5.92 Å². The molecule has 7 heteroatoms. The van der Waals surface area contributed by atoms with Crippen molar-refractivity contribution in [2.75, 3.05) is 0 Å². The third kappa shape index (κ3) is 3.77. The van der Waals surface area contributed by atoms with Gasteiger partial charge >= 0.3 is 12.0 Å². The molecular weight excluding hydrogens is 363 g/mol. The van der Waals surface area contributed by atoms with Crippen LogP contribution in [-0.2, 0) is 9.53 Å². The smallest absolute Gasteiger partial charge is 0.338 e. The van der Waals surface area contributed by atoms with E-state index < -0.39 is 12.0 Å². The van der Waals surface area contributed by atoms with E-state index in [-0.39, 0.29) is 12.1 Å². The normalized spacial score (nSPS) is 26.2. The summed E-state index contributed by atoms with van der Waals surface area (Å²) in [6.45, 7) is 3.78. The molecule has 0 saturated heterocycles. The molecule has 2 amide bonds. The lowest BCUT2D eigenvalue weighted by Crippen LogP contribution is -2.45. The second-order valence-corrected chi connectivity index (χ2v) is 7.41. The third-order valence-corrected chi connectivity index (χ3v) is 5.55. The fourth-order valence-electron chi connectivity index (χ4n) is 3.39. The van der Waals surface area contributed by atoms with Crippen LogP contribution in [-0.4, -0.2) is 18.1 Å². The minimum atomic E-state index is -0.632. The van der Waals surface area contributed by atoms with Gasteiger partial charge in [-0.3, -0.25) is 0 Å². The number of rotatable bonds is 3. The Hall–Kier alpha value is -1.72. The van der Waals surface area contributed by atoms with Crippen molar-refractivity contribution in [3.05, 3.63) is 45.1 Å². The van der Waals surface area contributed by atoms with Crippen molar-refractivity contribution in [2.45, 2.75) is 45.3 Å². The molecule has 1 saturated carbocycles. The molecule has 2 N–H and O–H groups in total. The molecule has 0 unspecified atom stereocenters. The standard InChI is InChI=1S/C18H20Cl2N2O3/c1-9-4-3-5-14(9)25-17(23)15-10(2)21-18(24)22-16(15)11-6-7-12(19)13(20)8-11/h6-9,14,16H,3-5H2,1-2H3,(H2,21,22,24)/t9-,14-,16+/m0/s1. The zero-order chi connectivity index (χ0) is 18.1. The summed E-state index contributed by atoms with van der Waals surface area (Å²) in [5.74, 6) is -0.0701. The second kappa shape index (κ2) is 7.26. The number of carbonyl (C=O) groups is 2. The average molecular weight is 383 g/mol. The summed E-state index contributed by atoms with van der Waals surface area (Å²) in [6.07, 6.45) is 2.90. The van der Waals surface area contributed by atoms with Crippen LogP contribution in [0.3, 0.4) is 0 Å². The molecule has 1 aliphatic carbocycles. The van der Waals surface area contributed by atoms with Crippen LogP contribution in [0.5, 0.6) is 0 Å². The molecule has 1 heterocycles. The maximum Gasteiger partial charge on any atom is 0.338 e. The van der Waals surface area contributed by atoms with Gasteiger partial charge in [-0.1, -0.05) is 36.2 Å². The molecule has 0 bridgehead atoms. The summed E-state index contributed by atoms with van der Waals surface area (Å²) < 4.78 is 5.73. The van der Waals surface area contributed by atoms with Gasteiger partial charge < -0.3 is 15.4 Å². The Bertz CT molecular complexity index is 748. The highest BCUT2D eigenvalue weighted by molar-refractivity contribution is 6.42. The zero-order valence-electron chi connectivity index (χ0n) is 14.1. The number of amides is 2. The Labute approximate surface area is 156 Å². The minimum Gasteiger partial charge on any atom is -0.459 e. The van der Waals surface area contributed by atoms with Crippen molar-refractivity contribution in [1.29, 1.82) is 0 Å². The second-order valence-electron chi connectivity index (χ2n) is 6.60. The van der Waals surface area contributed by atoms with E-state index in [2.05, 4.69) is 17.6 Å². The van der Waals surface area contributed by atoms with Crippen LogP contribution in [0.1, 0.15) is 44.7 Å². The fraction of sp³-hybridized carbons (Fsp3) is 0.444. The molecular formula is C18H20Cl2N2O3. The Morgan fingerprint density at radius 1 is 1.24 bits per heavy atom. The van der Waals surface area contributed by atoms with Crippen molar-refractivity contribution < 1.29 is 14.3 Å². The Balaban J connectivity index is 1.91. The largest absolute Gasteiger partial charge is 0.459 e. The van der Waals surface area contributed by atoms with E-state index in [4.69, 9.17) is 27.9 Å². The van der Waals surface area contributed by atoms with Gasteiger partial charge in [0.2, 0.25) is 0 Å². The van der Waals surface area contributed by atoms with Gasteiger partial charge in [-0.2, -0.15) is 0 Å². The number of nitrogens with one attached hydrogen (secondary N) is 2. The Morgan fingerprint density at radius 2 is 2.00 bits per heavy atom. The lowest BCUT2D eigenvalue weighted by atomic mass is 9.95. The molecule has 134 valence electrons. The predicted octanol–water partition coefficient (Wildman–Crippen LogP) is 4.35. The number of urea groups is 1. The SMILES string of the molecule is CC1=C(C(=O)O[C@H]2CCC[C@@H]2C)[C@@H](c2ccc(Cl)c(Cl)c2)NC(=O)N1. The van der Waals surface area contributed by atoms with Gasteiger partial charge in [-0.05, 0) is 49.8 Å². The van der Waals surface area contributed by atoms with Gasteiger partial charge in [0, 0.05) is 5.70 Å². The van der Waals surface area contributed by atoms with E-state index in [1.54, 1.807) is 25.1 Å². The summed E-state index contributed by atoms with van der Waals surface area (Å²) in [4.78, 5) is 24.7.